The number of fused-ring (bicyclic) bond motifs is 1. The van der Waals surface area contributed by atoms with E-state index < -0.39 is 0 Å². The first-order chi connectivity index (χ1) is 16.5. The molecule has 0 amide bonds. The molecule has 0 spiro atoms. The van der Waals surface area contributed by atoms with Crippen molar-refractivity contribution in [3.8, 4) is 11.3 Å². The summed E-state index contributed by atoms with van der Waals surface area (Å²) >= 11 is 0. The Morgan fingerprint density at radius 3 is 2.50 bits per heavy atom. The lowest BCUT2D eigenvalue weighted by Gasteiger charge is -2.37. The summed E-state index contributed by atoms with van der Waals surface area (Å²) < 4.78 is 1.76. The number of pyridine rings is 3. The van der Waals surface area contributed by atoms with Gasteiger partial charge in [-0.25, -0.2) is 4.98 Å². The van der Waals surface area contributed by atoms with E-state index in [-0.39, 0.29) is 12.2 Å². The van der Waals surface area contributed by atoms with Crippen LogP contribution in [0.4, 0.5) is 5.82 Å². The first-order valence-electron chi connectivity index (χ1n) is 11.7. The van der Waals surface area contributed by atoms with Gasteiger partial charge in [-0.3, -0.25) is 24.3 Å². The number of nitrogens with zero attached hydrogens (tertiary/aromatic N) is 7. The Balaban J connectivity index is 1.32. The van der Waals surface area contributed by atoms with Gasteiger partial charge in [0.1, 0.15) is 5.82 Å². The third-order valence-electron chi connectivity index (χ3n) is 6.44. The maximum atomic E-state index is 13.1. The summed E-state index contributed by atoms with van der Waals surface area (Å²) in [6.45, 7) is 8.31. The van der Waals surface area contributed by atoms with Gasteiger partial charge in [-0.1, -0.05) is 0 Å². The summed E-state index contributed by atoms with van der Waals surface area (Å²) in [4.78, 5) is 31.4. The van der Waals surface area contributed by atoms with E-state index in [9.17, 15) is 4.79 Å². The highest BCUT2D eigenvalue weighted by Gasteiger charge is 2.20. The number of aryl methyl sites for hydroxylation is 1. The normalized spacial score (nSPS) is 14.8. The molecular formula is C26H29N7O. The summed E-state index contributed by atoms with van der Waals surface area (Å²) in [6.07, 6.45) is 9.30. The Kier molecular flexibility index (Phi) is 6.06. The highest BCUT2D eigenvalue weighted by Crippen LogP contribution is 2.22. The van der Waals surface area contributed by atoms with Crippen molar-refractivity contribution in [1.29, 1.82) is 0 Å². The molecule has 0 bridgehead atoms. The molecule has 0 aromatic carbocycles. The Bertz CT molecular complexity index is 1320. The van der Waals surface area contributed by atoms with Gasteiger partial charge in [0.25, 0.3) is 0 Å². The molecular weight excluding hydrogens is 426 g/mol. The van der Waals surface area contributed by atoms with Gasteiger partial charge in [-0.2, -0.15) is 5.10 Å². The van der Waals surface area contributed by atoms with Gasteiger partial charge in [0, 0.05) is 86.3 Å². The second-order valence-corrected chi connectivity index (χ2v) is 9.11. The SMILES string of the molecule is CC(C)N1CCN(c2cc(C(=O)Cc3cc4cc(-c5cnn(C)c5)ncc4cn3)ccn2)CC1. The van der Waals surface area contributed by atoms with Gasteiger partial charge in [0.15, 0.2) is 5.78 Å². The molecule has 0 aliphatic carbocycles. The molecule has 0 unspecified atom stereocenters. The quantitative estimate of drug-likeness (QED) is 0.412. The number of rotatable bonds is 6. The number of hydrogen-bond donors (Lipinski definition) is 0. The number of carbonyl (C=O) groups is 1. The molecule has 0 N–H and O–H groups in total. The van der Waals surface area contributed by atoms with Crippen LogP contribution in [0.25, 0.3) is 22.0 Å². The average molecular weight is 456 g/mol. The third kappa shape index (κ3) is 4.68. The van der Waals surface area contributed by atoms with Crippen LogP contribution in [0.15, 0.2) is 55.2 Å². The van der Waals surface area contributed by atoms with Crippen molar-refractivity contribution in [1.82, 2.24) is 29.6 Å². The highest BCUT2D eigenvalue weighted by atomic mass is 16.1. The van der Waals surface area contributed by atoms with E-state index in [4.69, 9.17) is 0 Å². The van der Waals surface area contributed by atoms with Crippen molar-refractivity contribution in [2.24, 2.45) is 7.05 Å². The second kappa shape index (κ2) is 9.30. The Labute approximate surface area is 199 Å². The zero-order valence-corrected chi connectivity index (χ0v) is 19.8. The minimum atomic E-state index is 0.0397. The smallest absolute Gasteiger partial charge is 0.169 e. The van der Waals surface area contributed by atoms with Crippen molar-refractivity contribution in [3.63, 3.8) is 0 Å². The highest BCUT2D eigenvalue weighted by molar-refractivity contribution is 5.98. The Hall–Kier alpha value is -3.65. The number of piperazine rings is 1. The first-order valence-corrected chi connectivity index (χ1v) is 11.7. The summed E-state index contributed by atoms with van der Waals surface area (Å²) in [6, 6.07) is 8.25. The molecule has 0 saturated carbocycles. The molecule has 34 heavy (non-hydrogen) atoms. The molecule has 1 saturated heterocycles. The predicted molar refractivity (Wildman–Crippen MR) is 133 cm³/mol. The lowest BCUT2D eigenvalue weighted by Crippen LogP contribution is -2.49. The van der Waals surface area contributed by atoms with Gasteiger partial charge < -0.3 is 4.90 Å². The summed E-state index contributed by atoms with van der Waals surface area (Å²) in [5.74, 6) is 0.908. The van der Waals surface area contributed by atoms with Crippen LogP contribution in [0.1, 0.15) is 29.9 Å². The second-order valence-electron chi connectivity index (χ2n) is 9.11. The number of anilines is 1. The number of Topliss-reactive ketones (excluding diaryl/α,β-unsaturated/α-hetero) is 1. The van der Waals surface area contributed by atoms with Gasteiger partial charge in [0.2, 0.25) is 0 Å². The maximum Gasteiger partial charge on any atom is 0.169 e. The van der Waals surface area contributed by atoms with Crippen LogP contribution in [-0.4, -0.2) is 67.6 Å². The molecule has 5 rings (SSSR count). The lowest BCUT2D eigenvalue weighted by molar-refractivity contribution is 0.0992. The first kappa shape index (κ1) is 22.2. The summed E-state index contributed by atoms with van der Waals surface area (Å²) in [7, 11) is 1.88. The van der Waals surface area contributed by atoms with Crippen molar-refractivity contribution in [2.45, 2.75) is 26.3 Å². The van der Waals surface area contributed by atoms with Gasteiger partial charge in [-0.15, -0.1) is 0 Å². The largest absolute Gasteiger partial charge is 0.354 e. The van der Waals surface area contributed by atoms with Crippen LogP contribution in [0.3, 0.4) is 0 Å². The van der Waals surface area contributed by atoms with Crippen molar-refractivity contribution in [3.05, 3.63) is 66.5 Å². The number of ketones is 1. The average Bonchev–Trinajstić information content (AvgIpc) is 3.30. The van der Waals surface area contributed by atoms with Gasteiger partial charge in [-0.05, 0) is 43.5 Å². The number of aromatic nitrogens is 5. The molecule has 1 aliphatic heterocycles. The van der Waals surface area contributed by atoms with Gasteiger partial charge in [0.05, 0.1) is 18.3 Å². The lowest BCUT2D eigenvalue weighted by atomic mass is 10.0. The maximum absolute atomic E-state index is 13.1. The summed E-state index contributed by atoms with van der Waals surface area (Å²) in [5, 5.41) is 6.17. The Morgan fingerprint density at radius 2 is 1.76 bits per heavy atom. The molecule has 1 fully saturated rings. The van der Waals surface area contributed by atoms with Crippen LogP contribution in [-0.2, 0) is 13.5 Å². The van der Waals surface area contributed by atoms with Crippen molar-refractivity contribution in [2.75, 3.05) is 31.1 Å². The van der Waals surface area contributed by atoms with E-state index in [0.29, 0.717) is 11.6 Å². The van der Waals surface area contributed by atoms with Crippen LogP contribution in [0.5, 0.6) is 0 Å². The zero-order chi connectivity index (χ0) is 23.7. The topological polar surface area (TPSA) is 80.0 Å². The fourth-order valence-electron chi connectivity index (χ4n) is 4.39. The van der Waals surface area contributed by atoms with Crippen LogP contribution in [0.2, 0.25) is 0 Å². The number of hydrogen-bond acceptors (Lipinski definition) is 7. The molecule has 4 aromatic rings. The summed E-state index contributed by atoms with van der Waals surface area (Å²) in [5.41, 5.74) is 3.21. The van der Waals surface area contributed by atoms with E-state index >= 15 is 0 Å². The van der Waals surface area contributed by atoms with Crippen LogP contribution < -0.4 is 4.90 Å². The molecule has 1 aliphatic rings. The standard InChI is InChI=1S/C26H29N7O/c1-18(2)32-6-8-33(9-7-32)26-12-19(4-5-27-26)25(34)13-23-10-20-11-24(22-16-30-31(3)17-22)29-15-21(20)14-28-23/h4-5,10-12,14-18H,6-9,13H2,1-3H3. The molecule has 174 valence electrons. The van der Waals surface area contributed by atoms with E-state index in [0.717, 1.165) is 59.7 Å². The molecule has 0 radical (unpaired) electrons. The third-order valence-corrected chi connectivity index (χ3v) is 6.44. The Morgan fingerprint density at radius 1 is 0.971 bits per heavy atom. The monoisotopic (exact) mass is 455 g/mol. The molecule has 8 nitrogen and oxygen atoms in total. The van der Waals surface area contributed by atoms with Crippen molar-refractivity contribution < 1.29 is 4.79 Å². The van der Waals surface area contributed by atoms with E-state index in [1.165, 1.54) is 0 Å². The minimum absolute atomic E-state index is 0.0397. The van der Waals surface area contributed by atoms with E-state index in [1.807, 2.05) is 37.6 Å². The molecule has 5 heterocycles. The zero-order valence-electron chi connectivity index (χ0n) is 19.8. The van der Waals surface area contributed by atoms with Crippen LogP contribution in [0, 0.1) is 0 Å². The van der Waals surface area contributed by atoms with Crippen molar-refractivity contribution >= 4 is 22.4 Å². The molecule has 0 atom stereocenters. The molecule has 4 aromatic heterocycles. The van der Waals surface area contributed by atoms with E-state index in [1.54, 1.807) is 29.3 Å². The predicted octanol–water partition coefficient (Wildman–Crippen LogP) is 3.38. The fourth-order valence-corrected chi connectivity index (χ4v) is 4.39. The fraction of sp³-hybridized carbons (Fsp3) is 0.346. The number of carbonyl (C=O) groups excluding carboxylic acids is 1. The minimum Gasteiger partial charge on any atom is -0.354 e. The van der Waals surface area contributed by atoms with E-state index in [2.05, 4.69) is 43.7 Å². The molecule has 8 heteroatoms. The van der Waals surface area contributed by atoms with Crippen LogP contribution >= 0.6 is 0 Å². The van der Waals surface area contributed by atoms with Gasteiger partial charge >= 0.3 is 0 Å².